The first-order chi connectivity index (χ1) is 13.6. The molecule has 1 saturated heterocycles. The molecule has 1 aliphatic heterocycles. The summed E-state index contributed by atoms with van der Waals surface area (Å²) in [6.07, 6.45) is 0. The van der Waals surface area contributed by atoms with Crippen LogP contribution in [0.2, 0.25) is 5.02 Å². The van der Waals surface area contributed by atoms with E-state index in [9.17, 15) is 23.6 Å². The summed E-state index contributed by atoms with van der Waals surface area (Å²) in [6.45, 7) is 0.809. The van der Waals surface area contributed by atoms with Gasteiger partial charge in [0, 0.05) is 10.6 Å². The quantitative estimate of drug-likeness (QED) is 0.642. The van der Waals surface area contributed by atoms with Crippen molar-refractivity contribution in [3.8, 4) is 0 Å². The zero-order valence-corrected chi connectivity index (χ0v) is 15.9. The lowest BCUT2D eigenvalue weighted by atomic mass is 9.90. The number of nitrogens with one attached hydrogen (secondary N) is 2. The molecule has 0 aliphatic carbocycles. The van der Waals surface area contributed by atoms with E-state index in [4.69, 9.17) is 17.3 Å². The van der Waals surface area contributed by atoms with Crippen molar-refractivity contribution in [3.05, 3.63) is 64.4 Å². The van der Waals surface area contributed by atoms with Gasteiger partial charge in [0.1, 0.15) is 17.9 Å². The molecule has 29 heavy (non-hydrogen) atoms. The molecule has 0 aromatic heterocycles. The van der Waals surface area contributed by atoms with Gasteiger partial charge in [-0.3, -0.25) is 19.3 Å². The van der Waals surface area contributed by atoms with E-state index in [0.29, 0.717) is 10.5 Å². The fourth-order valence-electron chi connectivity index (χ4n) is 2.95. The molecular weight excluding hydrogens is 403 g/mol. The maximum atomic E-state index is 13.8. The molecule has 4 N–H and O–H groups in total. The highest BCUT2D eigenvalue weighted by Gasteiger charge is 2.49. The van der Waals surface area contributed by atoms with Crippen molar-refractivity contribution < 1.29 is 23.6 Å². The second-order valence-corrected chi connectivity index (χ2v) is 7.00. The van der Waals surface area contributed by atoms with E-state index in [1.807, 2.05) is 0 Å². The van der Waals surface area contributed by atoms with Crippen molar-refractivity contribution >= 4 is 41.0 Å². The van der Waals surface area contributed by atoms with Gasteiger partial charge in [0.25, 0.3) is 5.91 Å². The number of hydrogen-bond acceptors (Lipinski definition) is 4. The van der Waals surface area contributed by atoms with Crippen LogP contribution in [0.1, 0.15) is 22.8 Å². The maximum absolute atomic E-state index is 13.8. The Labute approximate surface area is 169 Å². The van der Waals surface area contributed by atoms with E-state index in [2.05, 4.69) is 10.6 Å². The number of amides is 5. The standard InChI is InChI=1S/C19H16ClFN4O4/c1-19(11-4-2-3-10(7-11)16(22)27)17(28)25(18(29)24-19)9-15(26)23-14-8-12(20)5-6-13(14)21/h2-8H,9H2,1H3,(H2,22,27)(H,23,26)(H,24,29). The second kappa shape index (κ2) is 7.51. The fourth-order valence-corrected chi connectivity index (χ4v) is 3.12. The summed E-state index contributed by atoms with van der Waals surface area (Å²) in [5.41, 5.74) is 4.09. The van der Waals surface area contributed by atoms with Crippen molar-refractivity contribution in [2.45, 2.75) is 12.5 Å². The van der Waals surface area contributed by atoms with Gasteiger partial charge in [-0.25, -0.2) is 9.18 Å². The number of nitrogens with two attached hydrogens (primary N) is 1. The van der Waals surface area contributed by atoms with Gasteiger partial charge in [-0.1, -0.05) is 23.7 Å². The Kier molecular flexibility index (Phi) is 5.25. The Hall–Kier alpha value is -3.46. The summed E-state index contributed by atoms with van der Waals surface area (Å²) < 4.78 is 13.8. The number of primary amides is 1. The zero-order valence-electron chi connectivity index (χ0n) is 15.2. The first-order valence-corrected chi connectivity index (χ1v) is 8.79. The van der Waals surface area contributed by atoms with Gasteiger partial charge in [0.05, 0.1) is 5.69 Å². The third-order valence-corrected chi connectivity index (χ3v) is 4.74. The summed E-state index contributed by atoms with van der Waals surface area (Å²) >= 11 is 5.78. The van der Waals surface area contributed by atoms with Gasteiger partial charge in [-0.05, 0) is 42.8 Å². The zero-order chi connectivity index (χ0) is 21.3. The van der Waals surface area contributed by atoms with E-state index in [-0.39, 0.29) is 16.3 Å². The predicted octanol–water partition coefficient (Wildman–Crippen LogP) is 1.98. The van der Waals surface area contributed by atoms with Crippen LogP contribution in [0.5, 0.6) is 0 Å². The Morgan fingerprint density at radius 3 is 2.66 bits per heavy atom. The van der Waals surface area contributed by atoms with Crippen LogP contribution >= 0.6 is 11.6 Å². The van der Waals surface area contributed by atoms with Crippen LogP contribution in [0.4, 0.5) is 14.9 Å². The molecule has 0 spiro atoms. The van der Waals surface area contributed by atoms with E-state index < -0.39 is 41.7 Å². The molecule has 0 bridgehead atoms. The topological polar surface area (TPSA) is 122 Å². The lowest BCUT2D eigenvalue weighted by molar-refractivity contribution is -0.133. The molecule has 1 fully saturated rings. The molecule has 5 amide bonds. The minimum absolute atomic E-state index is 0.165. The highest BCUT2D eigenvalue weighted by atomic mass is 35.5. The number of halogens is 2. The van der Waals surface area contributed by atoms with Crippen molar-refractivity contribution in [2.75, 3.05) is 11.9 Å². The number of urea groups is 1. The lowest BCUT2D eigenvalue weighted by Crippen LogP contribution is -2.42. The first-order valence-electron chi connectivity index (χ1n) is 8.41. The van der Waals surface area contributed by atoms with Crippen LogP contribution in [-0.2, 0) is 15.1 Å². The number of rotatable bonds is 5. The summed E-state index contributed by atoms with van der Waals surface area (Å²) in [4.78, 5) is 49.6. The second-order valence-electron chi connectivity index (χ2n) is 6.56. The van der Waals surface area contributed by atoms with Crippen molar-refractivity contribution in [1.82, 2.24) is 10.2 Å². The van der Waals surface area contributed by atoms with Crippen LogP contribution in [0.15, 0.2) is 42.5 Å². The van der Waals surface area contributed by atoms with Crippen molar-refractivity contribution in [3.63, 3.8) is 0 Å². The number of carbonyl (C=O) groups is 4. The summed E-state index contributed by atoms with van der Waals surface area (Å²) in [5.74, 6) is -2.89. The van der Waals surface area contributed by atoms with E-state index in [1.54, 1.807) is 6.07 Å². The molecule has 0 saturated carbocycles. The highest BCUT2D eigenvalue weighted by molar-refractivity contribution is 6.30. The number of carbonyl (C=O) groups excluding carboxylic acids is 4. The molecule has 10 heteroatoms. The first kappa shape index (κ1) is 20.3. The number of benzene rings is 2. The highest BCUT2D eigenvalue weighted by Crippen LogP contribution is 2.29. The molecule has 1 aliphatic rings. The van der Waals surface area contributed by atoms with Gasteiger partial charge in [0.15, 0.2) is 0 Å². The molecule has 150 valence electrons. The number of nitrogens with zero attached hydrogens (tertiary/aromatic N) is 1. The van der Waals surface area contributed by atoms with Gasteiger partial charge in [0.2, 0.25) is 11.8 Å². The summed E-state index contributed by atoms with van der Waals surface area (Å²) in [7, 11) is 0. The molecule has 2 aromatic carbocycles. The molecule has 2 aromatic rings. The normalized spacial score (nSPS) is 18.5. The minimum Gasteiger partial charge on any atom is -0.366 e. The van der Waals surface area contributed by atoms with Gasteiger partial charge in [-0.2, -0.15) is 0 Å². The number of anilines is 1. The van der Waals surface area contributed by atoms with Crippen LogP contribution in [-0.4, -0.2) is 35.2 Å². The van der Waals surface area contributed by atoms with E-state index in [1.165, 1.54) is 37.3 Å². The summed E-state index contributed by atoms with van der Waals surface area (Å²) in [6, 6.07) is 8.74. The molecule has 3 rings (SSSR count). The Morgan fingerprint density at radius 2 is 1.97 bits per heavy atom. The van der Waals surface area contributed by atoms with Crippen molar-refractivity contribution in [2.24, 2.45) is 5.73 Å². The fraction of sp³-hybridized carbons (Fsp3) is 0.158. The van der Waals surface area contributed by atoms with Crippen molar-refractivity contribution in [1.29, 1.82) is 0 Å². The number of hydrogen-bond donors (Lipinski definition) is 3. The smallest absolute Gasteiger partial charge is 0.325 e. The molecular formula is C19H16ClFN4O4. The predicted molar refractivity (Wildman–Crippen MR) is 103 cm³/mol. The molecule has 8 nitrogen and oxygen atoms in total. The van der Waals surface area contributed by atoms with Crippen LogP contribution in [0.3, 0.4) is 0 Å². The van der Waals surface area contributed by atoms with Crippen LogP contribution < -0.4 is 16.4 Å². The number of imide groups is 1. The van der Waals surface area contributed by atoms with E-state index in [0.717, 1.165) is 6.07 Å². The van der Waals surface area contributed by atoms with E-state index >= 15 is 0 Å². The lowest BCUT2D eigenvalue weighted by Gasteiger charge is -2.22. The SMILES string of the molecule is CC1(c2cccc(C(N)=O)c2)NC(=O)N(CC(=O)Nc2cc(Cl)ccc2F)C1=O. The molecule has 1 unspecified atom stereocenters. The Balaban J connectivity index is 1.80. The maximum Gasteiger partial charge on any atom is 0.325 e. The minimum atomic E-state index is -1.50. The van der Waals surface area contributed by atoms with Gasteiger partial charge >= 0.3 is 6.03 Å². The van der Waals surface area contributed by atoms with Crippen LogP contribution in [0.25, 0.3) is 0 Å². The average Bonchev–Trinajstić information content (AvgIpc) is 2.89. The molecule has 1 atom stereocenters. The molecule has 0 radical (unpaired) electrons. The third-order valence-electron chi connectivity index (χ3n) is 4.50. The third kappa shape index (κ3) is 3.90. The Bertz CT molecular complexity index is 1040. The Morgan fingerprint density at radius 1 is 1.24 bits per heavy atom. The van der Waals surface area contributed by atoms with Crippen LogP contribution in [0, 0.1) is 5.82 Å². The average molecular weight is 419 g/mol. The largest absolute Gasteiger partial charge is 0.366 e. The monoisotopic (exact) mass is 418 g/mol. The van der Waals surface area contributed by atoms with Gasteiger partial charge < -0.3 is 16.4 Å². The molecule has 1 heterocycles. The van der Waals surface area contributed by atoms with Gasteiger partial charge in [-0.15, -0.1) is 0 Å². The summed E-state index contributed by atoms with van der Waals surface area (Å²) in [5, 5.41) is 5.00.